The molecule has 1 aliphatic carbocycles. The SMILES string of the molecule is C/C=C/CCNC(=O)N(CC(=O)O)CC1CC1. The highest BCUT2D eigenvalue weighted by Gasteiger charge is 2.27. The van der Waals surface area contributed by atoms with E-state index in [2.05, 4.69) is 5.32 Å². The monoisotopic (exact) mass is 240 g/mol. The van der Waals surface area contributed by atoms with Crippen LogP contribution in [0.3, 0.4) is 0 Å². The first kappa shape index (κ1) is 13.5. The van der Waals surface area contributed by atoms with Crippen LogP contribution in [0.2, 0.25) is 0 Å². The molecule has 0 aliphatic heterocycles. The third-order valence-electron chi connectivity index (χ3n) is 2.61. The van der Waals surface area contributed by atoms with E-state index in [-0.39, 0.29) is 12.6 Å². The summed E-state index contributed by atoms with van der Waals surface area (Å²) in [5.41, 5.74) is 0. The van der Waals surface area contributed by atoms with Gasteiger partial charge in [0.05, 0.1) is 0 Å². The van der Waals surface area contributed by atoms with Crippen LogP contribution in [0.4, 0.5) is 4.79 Å². The average molecular weight is 240 g/mol. The minimum atomic E-state index is -0.964. The Balaban J connectivity index is 2.32. The molecule has 0 unspecified atom stereocenters. The molecule has 17 heavy (non-hydrogen) atoms. The summed E-state index contributed by atoms with van der Waals surface area (Å²) < 4.78 is 0. The van der Waals surface area contributed by atoms with Crippen molar-refractivity contribution in [1.29, 1.82) is 0 Å². The maximum absolute atomic E-state index is 11.7. The van der Waals surface area contributed by atoms with E-state index in [4.69, 9.17) is 5.11 Å². The zero-order valence-electron chi connectivity index (χ0n) is 10.2. The first-order chi connectivity index (χ1) is 8.13. The van der Waals surface area contributed by atoms with Gasteiger partial charge >= 0.3 is 12.0 Å². The van der Waals surface area contributed by atoms with Crippen LogP contribution in [0.5, 0.6) is 0 Å². The molecular formula is C12H20N2O3. The molecule has 5 heteroatoms. The van der Waals surface area contributed by atoms with Gasteiger partial charge in [-0.15, -0.1) is 0 Å². The molecule has 0 atom stereocenters. The molecule has 1 aliphatic rings. The summed E-state index contributed by atoms with van der Waals surface area (Å²) >= 11 is 0. The number of amides is 2. The van der Waals surface area contributed by atoms with Gasteiger partial charge in [-0.2, -0.15) is 0 Å². The van der Waals surface area contributed by atoms with Gasteiger partial charge in [-0.25, -0.2) is 4.79 Å². The fourth-order valence-corrected chi connectivity index (χ4v) is 1.54. The molecule has 0 aromatic carbocycles. The maximum Gasteiger partial charge on any atom is 0.323 e. The van der Waals surface area contributed by atoms with E-state index in [1.54, 1.807) is 0 Å². The number of nitrogens with one attached hydrogen (secondary N) is 1. The number of allylic oxidation sites excluding steroid dienone is 1. The molecular weight excluding hydrogens is 220 g/mol. The van der Waals surface area contributed by atoms with E-state index in [1.807, 2.05) is 19.1 Å². The molecule has 0 bridgehead atoms. The fourth-order valence-electron chi connectivity index (χ4n) is 1.54. The third-order valence-corrected chi connectivity index (χ3v) is 2.61. The van der Waals surface area contributed by atoms with Crippen molar-refractivity contribution in [2.24, 2.45) is 5.92 Å². The lowest BCUT2D eigenvalue weighted by atomic mass is 10.3. The van der Waals surface area contributed by atoms with Gasteiger partial charge in [-0.05, 0) is 32.1 Å². The number of carboxylic acid groups (broad SMARTS) is 1. The number of hydrogen-bond acceptors (Lipinski definition) is 2. The summed E-state index contributed by atoms with van der Waals surface area (Å²) in [4.78, 5) is 23.8. The van der Waals surface area contributed by atoms with Gasteiger partial charge in [0.25, 0.3) is 0 Å². The third kappa shape index (κ3) is 5.94. The van der Waals surface area contributed by atoms with Crippen LogP contribution in [0.25, 0.3) is 0 Å². The molecule has 2 N–H and O–H groups in total. The van der Waals surface area contributed by atoms with E-state index in [1.165, 1.54) is 4.90 Å². The molecule has 1 rings (SSSR count). The summed E-state index contributed by atoms with van der Waals surface area (Å²) in [5.74, 6) is -0.468. The van der Waals surface area contributed by atoms with E-state index in [0.29, 0.717) is 19.0 Å². The van der Waals surface area contributed by atoms with E-state index >= 15 is 0 Å². The molecule has 0 aromatic rings. The number of hydrogen-bond donors (Lipinski definition) is 2. The Kier molecular flexibility index (Phi) is 5.52. The van der Waals surface area contributed by atoms with E-state index < -0.39 is 5.97 Å². The molecule has 0 aromatic heterocycles. The predicted molar refractivity (Wildman–Crippen MR) is 64.8 cm³/mol. The van der Waals surface area contributed by atoms with Crippen molar-refractivity contribution in [2.75, 3.05) is 19.6 Å². The van der Waals surface area contributed by atoms with Crippen molar-refractivity contribution in [3.8, 4) is 0 Å². The van der Waals surface area contributed by atoms with Crippen LogP contribution >= 0.6 is 0 Å². The summed E-state index contributed by atoms with van der Waals surface area (Å²) in [6, 6.07) is -0.274. The highest BCUT2D eigenvalue weighted by atomic mass is 16.4. The van der Waals surface area contributed by atoms with Crippen molar-refractivity contribution in [1.82, 2.24) is 10.2 Å². The lowest BCUT2D eigenvalue weighted by Crippen LogP contribution is -2.44. The van der Waals surface area contributed by atoms with E-state index in [9.17, 15) is 9.59 Å². The van der Waals surface area contributed by atoms with Crippen LogP contribution in [0.1, 0.15) is 26.2 Å². The number of carbonyl (C=O) groups excluding carboxylic acids is 1. The van der Waals surface area contributed by atoms with Crippen molar-refractivity contribution in [3.05, 3.63) is 12.2 Å². The van der Waals surface area contributed by atoms with Crippen molar-refractivity contribution in [3.63, 3.8) is 0 Å². The Morgan fingerprint density at radius 1 is 1.47 bits per heavy atom. The van der Waals surface area contributed by atoms with Gasteiger partial charge in [0.1, 0.15) is 6.54 Å². The molecule has 0 saturated heterocycles. The van der Waals surface area contributed by atoms with Crippen molar-refractivity contribution >= 4 is 12.0 Å². The second-order valence-electron chi connectivity index (χ2n) is 4.31. The number of carboxylic acids is 1. The normalized spacial score (nSPS) is 14.9. The first-order valence-electron chi connectivity index (χ1n) is 5.99. The lowest BCUT2D eigenvalue weighted by molar-refractivity contribution is -0.137. The van der Waals surface area contributed by atoms with Gasteiger partial charge in [0.2, 0.25) is 0 Å². The van der Waals surface area contributed by atoms with Crippen LogP contribution in [-0.2, 0) is 4.79 Å². The summed E-state index contributed by atoms with van der Waals surface area (Å²) in [6.45, 7) is 2.81. The van der Waals surface area contributed by atoms with Gasteiger partial charge in [-0.1, -0.05) is 12.2 Å². The number of carbonyl (C=O) groups is 2. The van der Waals surface area contributed by atoms with E-state index in [0.717, 1.165) is 19.3 Å². The zero-order valence-corrected chi connectivity index (χ0v) is 10.2. The number of aliphatic carboxylic acids is 1. The Morgan fingerprint density at radius 3 is 2.71 bits per heavy atom. The van der Waals surface area contributed by atoms with Crippen LogP contribution in [0.15, 0.2) is 12.2 Å². The molecule has 96 valence electrons. The van der Waals surface area contributed by atoms with Crippen molar-refractivity contribution in [2.45, 2.75) is 26.2 Å². The highest BCUT2D eigenvalue weighted by molar-refractivity contribution is 5.80. The Labute approximate surface area is 101 Å². The van der Waals surface area contributed by atoms with Gasteiger partial charge in [0, 0.05) is 13.1 Å². The summed E-state index contributed by atoms with van der Waals surface area (Å²) in [6.07, 6.45) is 6.85. The first-order valence-corrected chi connectivity index (χ1v) is 5.99. The highest BCUT2D eigenvalue weighted by Crippen LogP contribution is 2.29. The summed E-state index contributed by atoms with van der Waals surface area (Å²) in [5, 5.41) is 11.5. The second-order valence-corrected chi connectivity index (χ2v) is 4.31. The Morgan fingerprint density at radius 2 is 2.18 bits per heavy atom. The Hall–Kier alpha value is -1.52. The number of nitrogens with zero attached hydrogens (tertiary/aromatic N) is 1. The molecule has 0 spiro atoms. The minimum Gasteiger partial charge on any atom is -0.480 e. The van der Waals surface area contributed by atoms with Crippen LogP contribution in [0, 0.1) is 5.92 Å². The average Bonchev–Trinajstić information content (AvgIpc) is 3.06. The molecule has 0 radical (unpaired) electrons. The fraction of sp³-hybridized carbons (Fsp3) is 0.667. The smallest absolute Gasteiger partial charge is 0.323 e. The molecule has 5 nitrogen and oxygen atoms in total. The molecule has 1 saturated carbocycles. The molecule has 2 amide bonds. The predicted octanol–water partition coefficient (Wildman–Crippen LogP) is 1.46. The second kappa shape index (κ2) is 6.93. The van der Waals surface area contributed by atoms with Crippen molar-refractivity contribution < 1.29 is 14.7 Å². The molecule has 1 fully saturated rings. The standard InChI is InChI=1S/C12H20N2O3/c1-2-3-4-7-13-12(17)14(9-11(15)16)8-10-5-6-10/h2-3,10H,4-9H2,1H3,(H,13,17)(H,15,16)/b3-2+. The van der Waals surface area contributed by atoms with Gasteiger partial charge in [0.15, 0.2) is 0 Å². The topological polar surface area (TPSA) is 69.6 Å². The maximum atomic E-state index is 11.7. The van der Waals surface area contributed by atoms with Gasteiger partial charge < -0.3 is 15.3 Å². The summed E-state index contributed by atoms with van der Waals surface area (Å²) in [7, 11) is 0. The minimum absolute atomic E-state index is 0.216. The lowest BCUT2D eigenvalue weighted by Gasteiger charge is -2.20. The number of urea groups is 1. The quantitative estimate of drug-likeness (QED) is 0.523. The van der Waals surface area contributed by atoms with Crippen LogP contribution < -0.4 is 5.32 Å². The number of rotatable bonds is 7. The molecule has 0 heterocycles. The largest absolute Gasteiger partial charge is 0.480 e. The van der Waals surface area contributed by atoms with Gasteiger partial charge in [-0.3, -0.25) is 4.79 Å². The zero-order chi connectivity index (χ0) is 12.7. The van der Waals surface area contributed by atoms with Crippen LogP contribution in [-0.4, -0.2) is 41.6 Å². The Bertz CT molecular complexity index is 298.